The molecule has 5 unspecified atom stereocenters. The number of ether oxygens (including phenoxy) is 3. The van der Waals surface area contributed by atoms with Crippen molar-refractivity contribution in [2.75, 3.05) is 19.8 Å². The van der Waals surface area contributed by atoms with Gasteiger partial charge in [-0.3, -0.25) is 4.79 Å². The first-order chi connectivity index (χ1) is 8.64. The van der Waals surface area contributed by atoms with Crippen LogP contribution < -0.4 is 0 Å². The number of esters is 1. The number of rotatable bonds is 4. The van der Waals surface area contributed by atoms with E-state index in [0.29, 0.717) is 23.7 Å². The molecular weight excluding hydrogens is 236 g/mol. The molecule has 2 bridgehead atoms. The first kappa shape index (κ1) is 12.0. The highest BCUT2D eigenvalue weighted by molar-refractivity contribution is 5.72. The number of carbonyl (C=O) groups excluding carboxylic acids is 2. The molecule has 1 saturated heterocycles. The van der Waals surface area contributed by atoms with Crippen LogP contribution in [0.1, 0.15) is 19.8 Å². The van der Waals surface area contributed by atoms with Crippen molar-refractivity contribution in [1.82, 2.24) is 0 Å². The van der Waals surface area contributed by atoms with Gasteiger partial charge in [-0.1, -0.05) is 0 Å². The van der Waals surface area contributed by atoms with Crippen molar-refractivity contribution in [2.24, 2.45) is 23.7 Å². The predicted octanol–water partition coefficient (Wildman–Crippen LogP) is 0.764. The van der Waals surface area contributed by atoms with Crippen LogP contribution in [0.4, 0.5) is 0 Å². The molecule has 0 aromatic carbocycles. The highest BCUT2D eigenvalue weighted by atomic mass is 16.6. The Morgan fingerprint density at radius 2 is 2.22 bits per heavy atom. The second kappa shape index (κ2) is 4.23. The van der Waals surface area contributed by atoms with E-state index in [2.05, 4.69) is 4.74 Å². The molecular formula is C13H18O5. The van der Waals surface area contributed by atoms with Crippen molar-refractivity contribution in [3.8, 4) is 0 Å². The first-order valence-corrected chi connectivity index (χ1v) is 6.49. The van der Waals surface area contributed by atoms with E-state index in [1.807, 2.05) is 6.92 Å². The maximum Gasteiger partial charge on any atom is 0.344 e. The van der Waals surface area contributed by atoms with Crippen molar-refractivity contribution in [3.05, 3.63) is 0 Å². The zero-order valence-electron chi connectivity index (χ0n) is 10.5. The van der Waals surface area contributed by atoms with Gasteiger partial charge in [-0.25, -0.2) is 4.79 Å². The van der Waals surface area contributed by atoms with Gasteiger partial charge in [0.15, 0.2) is 6.61 Å². The second-order valence-electron chi connectivity index (χ2n) is 5.87. The standard InChI is InChI=1S/C13H18O5/c1-13(18-12(15)6-17-7-14)3-8-2-11(13)10-5-16-4-9(8)10/h7-11H,2-6H2,1H3. The Labute approximate surface area is 106 Å². The van der Waals surface area contributed by atoms with Gasteiger partial charge in [-0.05, 0) is 37.5 Å². The minimum absolute atomic E-state index is 0.269. The van der Waals surface area contributed by atoms with Crippen LogP contribution in [0.3, 0.4) is 0 Å². The quantitative estimate of drug-likeness (QED) is 0.547. The highest BCUT2D eigenvalue weighted by Crippen LogP contribution is 2.60. The van der Waals surface area contributed by atoms with Crippen molar-refractivity contribution in [2.45, 2.75) is 25.4 Å². The average Bonchev–Trinajstić information content (AvgIpc) is 2.96. The molecule has 0 amide bonds. The summed E-state index contributed by atoms with van der Waals surface area (Å²) >= 11 is 0. The van der Waals surface area contributed by atoms with Gasteiger partial charge < -0.3 is 14.2 Å². The molecule has 3 fully saturated rings. The number of hydrogen-bond donors (Lipinski definition) is 0. The SMILES string of the molecule is CC1(OC(=O)COC=O)CC2CC1C1COCC21. The lowest BCUT2D eigenvalue weighted by molar-refractivity contribution is -0.172. The van der Waals surface area contributed by atoms with Crippen LogP contribution in [-0.4, -0.2) is 37.9 Å². The molecule has 1 aliphatic heterocycles. The topological polar surface area (TPSA) is 61.8 Å². The van der Waals surface area contributed by atoms with Gasteiger partial charge >= 0.3 is 5.97 Å². The maximum absolute atomic E-state index is 11.6. The lowest BCUT2D eigenvalue weighted by Gasteiger charge is -2.38. The summed E-state index contributed by atoms with van der Waals surface area (Å²) < 4.78 is 15.5. The zero-order chi connectivity index (χ0) is 12.8. The van der Waals surface area contributed by atoms with E-state index in [9.17, 15) is 9.59 Å². The largest absolute Gasteiger partial charge is 0.457 e. The van der Waals surface area contributed by atoms with Gasteiger partial charge in [0.05, 0.1) is 13.2 Å². The van der Waals surface area contributed by atoms with Crippen LogP contribution in [0.5, 0.6) is 0 Å². The Morgan fingerprint density at radius 1 is 1.44 bits per heavy atom. The van der Waals surface area contributed by atoms with E-state index in [4.69, 9.17) is 9.47 Å². The molecule has 100 valence electrons. The van der Waals surface area contributed by atoms with Crippen molar-refractivity contribution in [1.29, 1.82) is 0 Å². The minimum atomic E-state index is -0.451. The Hall–Kier alpha value is -1.10. The molecule has 5 heteroatoms. The third kappa shape index (κ3) is 1.72. The first-order valence-electron chi connectivity index (χ1n) is 6.49. The fourth-order valence-electron chi connectivity index (χ4n) is 4.28. The molecule has 3 rings (SSSR count). The smallest absolute Gasteiger partial charge is 0.344 e. The van der Waals surface area contributed by atoms with Crippen molar-refractivity contribution in [3.63, 3.8) is 0 Å². The Morgan fingerprint density at radius 3 is 3.00 bits per heavy atom. The zero-order valence-corrected chi connectivity index (χ0v) is 10.5. The summed E-state index contributed by atoms with van der Waals surface area (Å²) in [6, 6.07) is 0. The summed E-state index contributed by atoms with van der Waals surface area (Å²) in [5.74, 6) is 1.76. The predicted molar refractivity (Wildman–Crippen MR) is 60.5 cm³/mol. The lowest BCUT2D eigenvalue weighted by atomic mass is 9.74. The molecule has 2 saturated carbocycles. The van der Waals surface area contributed by atoms with Crippen LogP contribution in [0, 0.1) is 23.7 Å². The molecule has 18 heavy (non-hydrogen) atoms. The normalized spacial score (nSPS) is 44.7. The molecule has 3 aliphatic rings. The van der Waals surface area contributed by atoms with E-state index in [0.717, 1.165) is 26.1 Å². The second-order valence-corrected chi connectivity index (χ2v) is 5.87. The summed E-state index contributed by atoms with van der Waals surface area (Å²) in [6.07, 6.45) is 2.05. The van der Waals surface area contributed by atoms with Crippen molar-refractivity contribution >= 4 is 12.4 Å². The van der Waals surface area contributed by atoms with Gasteiger partial charge in [0.25, 0.3) is 6.47 Å². The monoisotopic (exact) mass is 254 g/mol. The number of fused-ring (bicyclic) bond motifs is 5. The fraction of sp³-hybridized carbons (Fsp3) is 0.846. The molecule has 0 N–H and O–H groups in total. The molecule has 2 aliphatic carbocycles. The summed E-state index contributed by atoms with van der Waals surface area (Å²) in [7, 11) is 0. The van der Waals surface area contributed by atoms with Crippen LogP contribution in [0.2, 0.25) is 0 Å². The summed E-state index contributed by atoms with van der Waals surface area (Å²) in [5, 5.41) is 0. The summed E-state index contributed by atoms with van der Waals surface area (Å²) in [4.78, 5) is 21.7. The van der Waals surface area contributed by atoms with Crippen LogP contribution in [0.25, 0.3) is 0 Å². The van der Waals surface area contributed by atoms with E-state index in [1.54, 1.807) is 0 Å². The van der Waals surface area contributed by atoms with E-state index >= 15 is 0 Å². The van der Waals surface area contributed by atoms with Gasteiger partial charge in [0, 0.05) is 5.92 Å². The lowest BCUT2D eigenvalue weighted by Crippen LogP contribution is -2.44. The van der Waals surface area contributed by atoms with E-state index in [-0.39, 0.29) is 13.1 Å². The van der Waals surface area contributed by atoms with Gasteiger partial charge in [0.1, 0.15) is 5.60 Å². The Bertz CT molecular complexity index is 368. The number of carbonyl (C=O) groups is 2. The van der Waals surface area contributed by atoms with Crippen molar-refractivity contribution < 1.29 is 23.8 Å². The maximum atomic E-state index is 11.6. The number of hydrogen-bond acceptors (Lipinski definition) is 5. The van der Waals surface area contributed by atoms with E-state index in [1.165, 1.54) is 0 Å². The highest BCUT2D eigenvalue weighted by Gasteiger charge is 2.61. The fourth-order valence-corrected chi connectivity index (χ4v) is 4.28. The average molecular weight is 254 g/mol. The molecule has 0 radical (unpaired) electrons. The molecule has 0 aromatic heterocycles. The van der Waals surface area contributed by atoms with Gasteiger partial charge in [0.2, 0.25) is 0 Å². The minimum Gasteiger partial charge on any atom is -0.457 e. The Balaban J connectivity index is 1.66. The Kier molecular flexibility index (Phi) is 2.81. The molecule has 1 heterocycles. The van der Waals surface area contributed by atoms with E-state index < -0.39 is 11.6 Å². The summed E-state index contributed by atoms with van der Waals surface area (Å²) in [6.45, 7) is 3.64. The van der Waals surface area contributed by atoms with Crippen LogP contribution in [0.15, 0.2) is 0 Å². The van der Waals surface area contributed by atoms with Crippen LogP contribution >= 0.6 is 0 Å². The van der Waals surface area contributed by atoms with Crippen LogP contribution in [-0.2, 0) is 23.8 Å². The third-order valence-electron chi connectivity index (χ3n) is 4.92. The van der Waals surface area contributed by atoms with Gasteiger partial charge in [-0.2, -0.15) is 0 Å². The summed E-state index contributed by atoms with van der Waals surface area (Å²) in [5.41, 5.74) is -0.400. The molecule has 0 aromatic rings. The molecule has 5 nitrogen and oxygen atoms in total. The van der Waals surface area contributed by atoms with Gasteiger partial charge in [-0.15, -0.1) is 0 Å². The molecule has 0 spiro atoms. The molecule has 5 atom stereocenters. The third-order valence-corrected chi connectivity index (χ3v) is 4.92.